The van der Waals surface area contributed by atoms with Crippen LogP contribution in [-0.4, -0.2) is 45.7 Å². The highest BCUT2D eigenvalue weighted by Crippen LogP contribution is 2.25. The third-order valence-electron chi connectivity index (χ3n) is 4.25. The minimum Gasteiger partial charge on any atom is -0.479 e. The zero-order valence-electron chi connectivity index (χ0n) is 12.1. The van der Waals surface area contributed by atoms with Crippen molar-refractivity contribution in [2.45, 2.75) is 52.1 Å². The fraction of sp³-hybridized carbons (Fsp3) is 0.857. The number of nitrogens with zero attached hydrogens (tertiary/aromatic N) is 1. The minimum atomic E-state index is -1.65. The van der Waals surface area contributed by atoms with Crippen molar-refractivity contribution in [1.82, 2.24) is 4.90 Å². The number of aliphatic carboxylic acids is 1. The van der Waals surface area contributed by atoms with Crippen LogP contribution in [0.4, 0.5) is 0 Å². The van der Waals surface area contributed by atoms with Gasteiger partial charge in [0, 0.05) is 32.4 Å². The molecule has 19 heavy (non-hydrogen) atoms. The van der Waals surface area contributed by atoms with Crippen LogP contribution >= 0.6 is 0 Å². The van der Waals surface area contributed by atoms with Crippen molar-refractivity contribution in [1.29, 1.82) is 0 Å². The Kier molecular flexibility index (Phi) is 5.35. The van der Waals surface area contributed by atoms with Crippen molar-refractivity contribution in [3.05, 3.63) is 0 Å². The molecule has 1 aliphatic heterocycles. The predicted octanol–water partition coefficient (Wildman–Crippen LogP) is 1.50. The van der Waals surface area contributed by atoms with Gasteiger partial charge in [0.2, 0.25) is 5.91 Å². The molecule has 5 heteroatoms. The normalized spacial score (nSPS) is 20.4. The van der Waals surface area contributed by atoms with Gasteiger partial charge in [-0.2, -0.15) is 0 Å². The fourth-order valence-electron chi connectivity index (χ4n) is 2.54. The summed E-state index contributed by atoms with van der Waals surface area (Å²) in [5.74, 6) is -0.274. The summed E-state index contributed by atoms with van der Waals surface area (Å²) in [5.41, 5.74) is -1.65. The number of rotatable bonds is 5. The van der Waals surface area contributed by atoms with Crippen LogP contribution in [0.2, 0.25) is 0 Å². The van der Waals surface area contributed by atoms with E-state index >= 15 is 0 Å². The molecule has 2 N–H and O–H groups in total. The Morgan fingerprint density at radius 3 is 2.16 bits per heavy atom. The Labute approximate surface area is 114 Å². The molecule has 1 fully saturated rings. The van der Waals surface area contributed by atoms with Crippen molar-refractivity contribution >= 4 is 11.9 Å². The van der Waals surface area contributed by atoms with Crippen LogP contribution in [0.5, 0.6) is 0 Å². The SMILES string of the molecule is CCC(CC(=O)N1CCC(O)(C(=O)O)CC1)C(C)C. The first-order chi connectivity index (χ1) is 8.80. The van der Waals surface area contributed by atoms with Gasteiger partial charge in [0.15, 0.2) is 5.60 Å². The molecule has 1 amide bonds. The first kappa shape index (κ1) is 16.0. The van der Waals surface area contributed by atoms with E-state index in [0.717, 1.165) is 6.42 Å². The van der Waals surface area contributed by atoms with Gasteiger partial charge in [-0.3, -0.25) is 4.79 Å². The molecule has 0 aromatic heterocycles. The number of likely N-dealkylation sites (tertiary alicyclic amines) is 1. The average Bonchev–Trinajstić information content (AvgIpc) is 2.35. The molecule has 0 bridgehead atoms. The summed E-state index contributed by atoms with van der Waals surface area (Å²) in [6, 6.07) is 0. The van der Waals surface area contributed by atoms with E-state index in [-0.39, 0.29) is 18.7 Å². The summed E-state index contributed by atoms with van der Waals surface area (Å²) < 4.78 is 0. The van der Waals surface area contributed by atoms with Crippen molar-refractivity contribution in [2.75, 3.05) is 13.1 Å². The highest BCUT2D eigenvalue weighted by Gasteiger charge is 2.40. The summed E-state index contributed by atoms with van der Waals surface area (Å²) in [6.45, 7) is 6.96. The lowest BCUT2D eigenvalue weighted by Crippen LogP contribution is -2.51. The fourth-order valence-corrected chi connectivity index (χ4v) is 2.54. The number of aliphatic hydroxyl groups is 1. The zero-order chi connectivity index (χ0) is 14.6. The molecule has 0 aromatic carbocycles. The number of hydrogen-bond acceptors (Lipinski definition) is 3. The summed E-state index contributed by atoms with van der Waals surface area (Å²) in [6.07, 6.45) is 1.72. The van der Waals surface area contributed by atoms with Crippen LogP contribution < -0.4 is 0 Å². The van der Waals surface area contributed by atoms with E-state index in [4.69, 9.17) is 5.11 Å². The van der Waals surface area contributed by atoms with Gasteiger partial charge < -0.3 is 15.1 Å². The topological polar surface area (TPSA) is 77.8 Å². The standard InChI is InChI=1S/C14H25NO4/c1-4-11(10(2)3)9-12(16)15-7-5-14(19,6-8-15)13(17)18/h10-11,19H,4-9H2,1-3H3,(H,17,18). The highest BCUT2D eigenvalue weighted by molar-refractivity contribution is 5.79. The van der Waals surface area contributed by atoms with Gasteiger partial charge in [0.25, 0.3) is 0 Å². The van der Waals surface area contributed by atoms with Crippen molar-refractivity contribution < 1.29 is 19.8 Å². The molecule has 0 saturated carbocycles. The Hall–Kier alpha value is -1.10. The zero-order valence-corrected chi connectivity index (χ0v) is 12.1. The maximum Gasteiger partial charge on any atom is 0.335 e. The van der Waals surface area contributed by atoms with Gasteiger partial charge in [-0.25, -0.2) is 4.79 Å². The van der Waals surface area contributed by atoms with Gasteiger partial charge in [-0.15, -0.1) is 0 Å². The second-order valence-electron chi connectivity index (χ2n) is 5.83. The summed E-state index contributed by atoms with van der Waals surface area (Å²) >= 11 is 0. The monoisotopic (exact) mass is 271 g/mol. The Morgan fingerprint density at radius 2 is 1.79 bits per heavy atom. The minimum absolute atomic E-state index is 0.0768. The molecular weight excluding hydrogens is 246 g/mol. The molecule has 110 valence electrons. The average molecular weight is 271 g/mol. The number of carbonyl (C=O) groups is 2. The van der Waals surface area contributed by atoms with E-state index in [2.05, 4.69) is 20.8 Å². The first-order valence-electron chi connectivity index (χ1n) is 7.03. The number of carboxylic acids is 1. The number of piperidine rings is 1. The maximum atomic E-state index is 12.1. The van der Waals surface area contributed by atoms with Crippen LogP contribution in [0.1, 0.15) is 46.5 Å². The lowest BCUT2D eigenvalue weighted by Gasteiger charge is -2.36. The van der Waals surface area contributed by atoms with Crippen LogP contribution in [0.15, 0.2) is 0 Å². The van der Waals surface area contributed by atoms with Gasteiger partial charge in [-0.05, 0) is 11.8 Å². The van der Waals surface area contributed by atoms with Gasteiger partial charge in [-0.1, -0.05) is 27.2 Å². The Morgan fingerprint density at radius 1 is 1.26 bits per heavy atom. The van der Waals surface area contributed by atoms with E-state index in [1.807, 2.05) is 0 Å². The molecule has 0 spiro atoms. The van der Waals surface area contributed by atoms with Crippen LogP contribution in [0.3, 0.4) is 0 Å². The van der Waals surface area contributed by atoms with Crippen LogP contribution in [0, 0.1) is 11.8 Å². The second kappa shape index (κ2) is 6.37. The molecule has 1 heterocycles. The molecule has 1 aliphatic rings. The predicted molar refractivity (Wildman–Crippen MR) is 71.6 cm³/mol. The Bertz CT molecular complexity index is 332. The van der Waals surface area contributed by atoms with Crippen molar-refractivity contribution in [3.63, 3.8) is 0 Å². The lowest BCUT2D eigenvalue weighted by atomic mass is 9.88. The summed E-state index contributed by atoms with van der Waals surface area (Å²) in [7, 11) is 0. The molecule has 1 rings (SSSR count). The summed E-state index contributed by atoms with van der Waals surface area (Å²) in [4.78, 5) is 24.7. The molecular formula is C14H25NO4. The van der Waals surface area contributed by atoms with E-state index < -0.39 is 11.6 Å². The third kappa shape index (κ3) is 3.93. The highest BCUT2D eigenvalue weighted by atomic mass is 16.4. The van der Waals surface area contributed by atoms with Gasteiger partial charge in [0.05, 0.1) is 0 Å². The van der Waals surface area contributed by atoms with E-state index in [1.54, 1.807) is 4.90 Å². The van der Waals surface area contributed by atoms with Gasteiger partial charge >= 0.3 is 5.97 Å². The quantitative estimate of drug-likeness (QED) is 0.794. The molecule has 0 aromatic rings. The number of amides is 1. The van der Waals surface area contributed by atoms with Crippen LogP contribution in [0.25, 0.3) is 0 Å². The molecule has 1 atom stereocenters. The van der Waals surface area contributed by atoms with E-state index in [0.29, 0.717) is 31.3 Å². The second-order valence-corrected chi connectivity index (χ2v) is 5.83. The molecule has 0 radical (unpaired) electrons. The van der Waals surface area contributed by atoms with Crippen LogP contribution in [-0.2, 0) is 9.59 Å². The number of hydrogen-bond donors (Lipinski definition) is 2. The third-order valence-corrected chi connectivity index (χ3v) is 4.25. The number of carboxylic acid groups (broad SMARTS) is 1. The number of carbonyl (C=O) groups excluding carboxylic acids is 1. The first-order valence-corrected chi connectivity index (χ1v) is 7.03. The van der Waals surface area contributed by atoms with Crippen molar-refractivity contribution in [2.24, 2.45) is 11.8 Å². The molecule has 1 saturated heterocycles. The van der Waals surface area contributed by atoms with Crippen molar-refractivity contribution in [3.8, 4) is 0 Å². The smallest absolute Gasteiger partial charge is 0.335 e. The molecule has 1 unspecified atom stereocenters. The maximum absolute atomic E-state index is 12.1. The van der Waals surface area contributed by atoms with Gasteiger partial charge in [0.1, 0.15) is 0 Å². The van der Waals surface area contributed by atoms with E-state index in [9.17, 15) is 14.7 Å². The Balaban J connectivity index is 2.51. The lowest BCUT2D eigenvalue weighted by molar-refractivity contribution is -0.165. The molecule has 5 nitrogen and oxygen atoms in total. The van der Waals surface area contributed by atoms with E-state index in [1.165, 1.54) is 0 Å². The summed E-state index contributed by atoms with van der Waals surface area (Å²) in [5, 5.41) is 18.8. The molecule has 0 aliphatic carbocycles. The largest absolute Gasteiger partial charge is 0.479 e.